The summed E-state index contributed by atoms with van der Waals surface area (Å²) in [5.74, 6) is 1.42. The molecule has 0 saturated carbocycles. The van der Waals surface area contributed by atoms with Crippen molar-refractivity contribution in [3.8, 4) is 0 Å². The molecule has 1 amide bonds. The summed E-state index contributed by atoms with van der Waals surface area (Å²) in [5.41, 5.74) is 2.37. The van der Waals surface area contributed by atoms with Gasteiger partial charge in [0.1, 0.15) is 22.8 Å². The zero-order valence-electron chi connectivity index (χ0n) is 10.8. The first-order chi connectivity index (χ1) is 7.78. The van der Waals surface area contributed by atoms with E-state index in [1.54, 1.807) is 33.8 Å². The summed E-state index contributed by atoms with van der Waals surface area (Å²) in [7, 11) is 0. The number of ether oxygens (including phenoxy) is 1. The van der Waals surface area contributed by atoms with E-state index in [2.05, 4.69) is 10.5 Å². The van der Waals surface area contributed by atoms with Gasteiger partial charge in [-0.3, -0.25) is 0 Å². The Hall–Kier alpha value is -1.78. The minimum absolute atomic E-state index is 0.533. The van der Waals surface area contributed by atoms with Crippen LogP contribution in [0.4, 0.5) is 4.79 Å². The van der Waals surface area contributed by atoms with Crippen LogP contribution in [0.15, 0.2) is 21.7 Å². The lowest BCUT2D eigenvalue weighted by molar-refractivity contribution is 0.0529. The van der Waals surface area contributed by atoms with Gasteiger partial charge in [0, 0.05) is 0 Å². The van der Waals surface area contributed by atoms with E-state index in [0.717, 1.165) is 5.76 Å². The molecule has 0 unspecified atom stereocenters. The second kappa shape index (κ2) is 5.03. The lowest BCUT2D eigenvalue weighted by Gasteiger charge is -2.18. The maximum Gasteiger partial charge on any atom is 0.428 e. The first-order valence-corrected chi connectivity index (χ1v) is 5.38. The molecule has 5 nitrogen and oxygen atoms in total. The molecule has 1 rings (SSSR count). The Bertz CT molecular complexity index is 427. The molecule has 0 saturated heterocycles. The number of hydrogen-bond acceptors (Lipinski definition) is 4. The first-order valence-electron chi connectivity index (χ1n) is 5.38. The molecule has 0 atom stereocenters. The van der Waals surface area contributed by atoms with E-state index in [1.807, 2.05) is 13.0 Å². The van der Waals surface area contributed by atoms with Crippen LogP contribution in [0.25, 0.3) is 0 Å². The molecular weight excluding hydrogens is 220 g/mol. The average molecular weight is 238 g/mol. The first kappa shape index (κ1) is 13.3. The van der Waals surface area contributed by atoms with E-state index in [0.29, 0.717) is 11.5 Å². The number of nitrogens with zero attached hydrogens (tertiary/aromatic N) is 1. The number of nitrogens with one attached hydrogen (secondary N) is 1. The fraction of sp³-hybridized carbons (Fsp3) is 0.500. The van der Waals surface area contributed by atoms with Crippen LogP contribution in [0.1, 0.15) is 39.2 Å². The molecule has 0 bridgehead atoms. The zero-order valence-corrected chi connectivity index (χ0v) is 10.8. The molecule has 1 N–H and O–H groups in total. The number of rotatable bonds is 2. The van der Waals surface area contributed by atoms with Crippen LogP contribution in [0, 0.1) is 6.92 Å². The Labute approximate surface area is 101 Å². The summed E-state index contributed by atoms with van der Waals surface area (Å²) in [6.07, 6.45) is -0.583. The zero-order chi connectivity index (χ0) is 13.1. The Kier molecular flexibility index (Phi) is 3.93. The average Bonchev–Trinajstić information content (AvgIpc) is 2.58. The van der Waals surface area contributed by atoms with Crippen molar-refractivity contribution in [1.29, 1.82) is 0 Å². The summed E-state index contributed by atoms with van der Waals surface area (Å²) >= 11 is 0. The Morgan fingerprint density at radius 3 is 2.53 bits per heavy atom. The molecule has 0 aliphatic rings. The van der Waals surface area contributed by atoms with E-state index in [9.17, 15) is 4.79 Å². The summed E-state index contributed by atoms with van der Waals surface area (Å²) < 4.78 is 10.4. The topological polar surface area (TPSA) is 63.8 Å². The minimum atomic E-state index is -0.583. The van der Waals surface area contributed by atoms with Gasteiger partial charge in [-0.2, -0.15) is 5.10 Å². The summed E-state index contributed by atoms with van der Waals surface area (Å²) in [4.78, 5) is 11.3. The number of hydrazone groups is 1. The minimum Gasteiger partial charge on any atom is -0.460 e. The number of carbonyl (C=O) groups is 1. The van der Waals surface area contributed by atoms with Gasteiger partial charge in [-0.1, -0.05) is 0 Å². The van der Waals surface area contributed by atoms with Crippen molar-refractivity contribution >= 4 is 11.8 Å². The van der Waals surface area contributed by atoms with Crippen LogP contribution in [0.2, 0.25) is 0 Å². The molecule has 0 spiro atoms. The molecule has 0 aliphatic carbocycles. The molecule has 0 radical (unpaired) electrons. The number of hydrogen-bond donors (Lipinski definition) is 1. The van der Waals surface area contributed by atoms with Crippen LogP contribution in [-0.2, 0) is 4.74 Å². The highest BCUT2D eigenvalue weighted by atomic mass is 16.6. The van der Waals surface area contributed by atoms with E-state index < -0.39 is 11.7 Å². The molecule has 94 valence electrons. The molecule has 5 heteroatoms. The summed E-state index contributed by atoms with van der Waals surface area (Å²) in [5, 5.41) is 3.89. The van der Waals surface area contributed by atoms with Crippen LogP contribution in [-0.4, -0.2) is 17.4 Å². The Balaban J connectivity index is 2.57. The molecule has 1 aromatic rings. The molecule has 1 aromatic heterocycles. The van der Waals surface area contributed by atoms with Crippen LogP contribution >= 0.6 is 0 Å². The van der Waals surface area contributed by atoms with Crippen molar-refractivity contribution in [1.82, 2.24) is 5.43 Å². The Morgan fingerprint density at radius 2 is 2.06 bits per heavy atom. The van der Waals surface area contributed by atoms with E-state index in [1.165, 1.54) is 0 Å². The monoisotopic (exact) mass is 238 g/mol. The predicted molar refractivity (Wildman–Crippen MR) is 65.0 cm³/mol. The highest BCUT2D eigenvalue weighted by Gasteiger charge is 2.15. The maximum absolute atomic E-state index is 11.3. The number of carbonyl (C=O) groups excluding carboxylic acids is 1. The largest absolute Gasteiger partial charge is 0.460 e. The van der Waals surface area contributed by atoms with E-state index in [4.69, 9.17) is 9.15 Å². The van der Waals surface area contributed by atoms with Crippen molar-refractivity contribution in [2.24, 2.45) is 5.10 Å². The van der Waals surface area contributed by atoms with Gasteiger partial charge in [-0.25, -0.2) is 10.2 Å². The smallest absolute Gasteiger partial charge is 0.428 e. The van der Waals surface area contributed by atoms with Gasteiger partial charge in [-0.15, -0.1) is 0 Å². The normalized spacial score (nSPS) is 12.4. The van der Waals surface area contributed by atoms with Gasteiger partial charge < -0.3 is 9.15 Å². The van der Waals surface area contributed by atoms with Crippen LogP contribution in [0.5, 0.6) is 0 Å². The van der Waals surface area contributed by atoms with E-state index in [-0.39, 0.29) is 0 Å². The second-order valence-electron chi connectivity index (χ2n) is 4.72. The molecular formula is C12H18N2O3. The lowest BCUT2D eigenvalue weighted by atomic mass is 10.2. The predicted octanol–water partition coefficient (Wildman–Crippen LogP) is 2.84. The van der Waals surface area contributed by atoms with Crippen molar-refractivity contribution in [2.75, 3.05) is 0 Å². The van der Waals surface area contributed by atoms with Gasteiger partial charge in [-0.05, 0) is 46.8 Å². The van der Waals surface area contributed by atoms with Gasteiger partial charge in [0.2, 0.25) is 0 Å². The molecule has 1 heterocycles. The Morgan fingerprint density at radius 1 is 1.41 bits per heavy atom. The van der Waals surface area contributed by atoms with E-state index >= 15 is 0 Å². The highest BCUT2D eigenvalue weighted by molar-refractivity contribution is 5.96. The fourth-order valence-electron chi connectivity index (χ4n) is 1.11. The number of aryl methyl sites for hydroxylation is 1. The van der Waals surface area contributed by atoms with Gasteiger partial charge in [0.15, 0.2) is 0 Å². The third-order valence-electron chi connectivity index (χ3n) is 1.81. The third kappa shape index (κ3) is 4.72. The number of furan rings is 1. The van der Waals surface area contributed by atoms with Gasteiger partial charge in [0.05, 0.1) is 0 Å². The van der Waals surface area contributed by atoms with Gasteiger partial charge >= 0.3 is 6.09 Å². The fourth-order valence-corrected chi connectivity index (χ4v) is 1.11. The van der Waals surface area contributed by atoms with Crippen molar-refractivity contribution in [2.45, 2.75) is 40.2 Å². The molecule has 0 fully saturated rings. The van der Waals surface area contributed by atoms with Gasteiger partial charge in [0.25, 0.3) is 0 Å². The van der Waals surface area contributed by atoms with Crippen molar-refractivity contribution in [3.05, 3.63) is 23.7 Å². The number of amides is 1. The SMILES string of the molecule is C/C(=N/NC(=O)OC(C)(C)C)c1ccc(C)o1. The summed E-state index contributed by atoms with van der Waals surface area (Å²) in [6, 6.07) is 3.63. The summed E-state index contributed by atoms with van der Waals surface area (Å²) in [6.45, 7) is 8.96. The second-order valence-corrected chi connectivity index (χ2v) is 4.72. The maximum atomic E-state index is 11.3. The third-order valence-corrected chi connectivity index (χ3v) is 1.81. The lowest BCUT2D eigenvalue weighted by Crippen LogP contribution is -2.30. The standard InChI is InChI=1S/C12H18N2O3/c1-8-6-7-10(16-8)9(2)13-14-11(15)17-12(3,4)5/h6-7H,1-5H3,(H,14,15)/b13-9-. The van der Waals surface area contributed by atoms with Crippen LogP contribution < -0.4 is 5.43 Å². The molecule has 0 aromatic carbocycles. The molecule has 0 aliphatic heterocycles. The highest BCUT2D eigenvalue weighted by Crippen LogP contribution is 2.08. The van der Waals surface area contributed by atoms with Crippen molar-refractivity contribution < 1.29 is 13.9 Å². The quantitative estimate of drug-likeness (QED) is 0.636. The van der Waals surface area contributed by atoms with Crippen LogP contribution in [0.3, 0.4) is 0 Å². The molecule has 17 heavy (non-hydrogen) atoms. The van der Waals surface area contributed by atoms with Crippen molar-refractivity contribution in [3.63, 3.8) is 0 Å².